The molecule has 2 heterocycles. The molecule has 0 unspecified atom stereocenters. The average molecular weight is 429 g/mol. The van der Waals surface area contributed by atoms with Gasteiger partial charge in [0.2, 0.25) is 0 Å². The second-order valence-corrected chi connectivity index (χ2v) is 7.49. The van der Waals surface area contributed by atoms with Crippen LogP contribution in [0.4, 0.5) is 18.9 Å². The Bertz CT molecular complexity index is 1290. The van der Waals surface area contributed by atoms with Crippen LogP contribution in [-0.2, 0) is 13.2 Å². The molecule has 31 heavy (non-hydrogen) atoms. The maximum atomic E-state index is 14.0. The van der Waals surface area contributed by atoms with Gasteiger partial charge in [-0.2, -0.15) is 22.5 Å². The summed E-state index contributed by atoms with van der Waals surface area (Å²) in [6.07, 6.45) is -3.72. The fourth-order valence-corrected chi connectivity index (χ4v) is 3.85. The van der Waals surface area contributed by atoms with E-state index < -0.39 is 35.2 Å². The second kappa shape index (κ2) is 6.37. The van der Waals surface area contributed by atoms with Crippen LogP contribution in [0.1, 0.15) is 50.6 Å². The van der Waals surface area contributed by atoms with Gasteiger partial charge in [0.05, 0.1) is 28.1 Å². The molecule has 1 aromatic heterocycles. The van der Waals surface area contributed by atoms with Gasteiger partial charge in [0.25, 0.3) is 11.8 Å². The van der Waals surface area contributed by atoms with Crippen LogP contribution in [0.2, 0.25) is 0 Å². The summed E-state index contributed by atoms with van der Waals surface area (Å²) >= 11 is 0. The van der Waals surface area contributed by atoms with Crippen molar-refractivity contribution in [3.63, 3.8) is 0 Å². The number of anilines is 1. The topological polar surface area (TPSA) is 90.1 Å². The number of hydrogen-bond donors (Lipinski definition) is 0. The summed E-state index contributed by atoms with van der Waals surface area (Å²) in [5, 5.41) is 7.27. The van der Waals surface area contributed by atoms with E-state index in [1.165, 1.54) is 25.2 Å². The molecule has 3 aromatic rings. The number of alkyl halides is 3. The largest absolute Gasteiger partial charge is 0.416 e. The van der Waals surface area contributed by atoms with Crippen LogP contribution in [0.3, 0.4) is 0 Å². The number of benzene rings is 2. The number of halogens is 3. The Kier molecular flexibility index (Phi) is 3.95. The van der Waals surface area contributed by atoms with Crippen molar-refractivity contribution < 1.29 is 22.8 Å². The number of tetrazole rings is 1. The second-order valence-electron chi connectivity index (χ2n) is 7.49. The molecule has 0 N–H and O–H groups in total. The van der Waals surface area contributed by atoms with E-state index in [2.05, 4.69) is 10.4 Å². The van der Waals surface area contributed by atoms with E-state index in [1.54, 1.807) is 12.1 Å². The SMILES string of the molecule is Cn1nnn(-c2cc(N3C(=O)c4ccccc4C3=O)cc(C(F)(F)F)c2C2CC2)c1=O. The van der Waals surface area contributed by atoms with Crippen LogP contribution in [0.5, 0.6) is 0 Å². The van der Waals surface area contributed by atoms with Gasteiger partial charge in [-0.15, -0.1) is 0 Å². The van der Waals surface area contributed by atoms with Gasteiger partial charge in [0, 0.05) is 7.05 Å². The number of aromatic nitrogens is 4. The number of carbonyl (C=O) groups excluding carboxylic acids is 2. The van der Waals surface area contributed by atoms with Crippen LogP contribution >= 0.6 is 0 Å². The van der Waals surface area contributed by atoms with E-state index in [1.807, 2.05) is 0 Å². The third kappa shape index (κ3) is 2.87. The maximum absolute atomic E-state index is 14.0. The van der Waals surface area contributed by atoms with Gasteiger partial charge in [-0.05, 0) is 59.0 Å². The standard InChI is InChI=1S/C20H14F3N5O3/c1-26-19(31)28(25-24-26)15-9-11(8-14(20(21,22)23)16(15)10-6-7-10)27-17(29)12-4-2-3-5-13(12)18(27)30/h2-5,8-10H,6-7H2,1H3. The number of aryl methyl sites for hydroxylation is 1. The summed E-state index contributed by atoms with van der Waals surface area (Å²) in [6, 6.07) is 8.02. The van der Waals surface area contributed by atoms with Crippen molar-refractivity contribution in [1.29, 1.82) is 0 Å². The van der Waals surface area contributed by atoms with E-state index in [0.717, 1.165) is 15.4 Å². The number of hydrogen-bond acceptors (Lipinski definition) is 5. The summed E-state index contributed by atoms with van der Waals surface area (Å²) < 4.78 is 43.8. The predicted octanol–water partition coefficient (Wildman–Crippen LogP) is 2.66. The first kappa shape index (κ1) is 19.2. The number of nitrogens with zero attached hydrogens (tertiary/aromatic N) is 5. The van der Waals surface area contributed by atoms with E-state index in [9.17, 15) is 27.6 Å². The average Bonchev–Trinajstić information content (AvgIpc) is 3.47. The Morgan fingerprint density at radius 2 is 1.58 bits per heavy atom. The van der Waals surface area contributed by atoms with Gasteiger partial charge in [-0.25, -0.2) is 9.69 Å². The molecule has 1 fully saturated rings. The summed E-state index contributed by atoms with van der Waals surface area (Å²) in [5.74, 6) is -1.87. The lowest BCUT2D eigenvalue weighted by atomic mass is 9.98. The van der Waals surface area contributed by atoms with Crippen LogP contribution < -0.4 is 10.6 Å². The Balaban J connectivity index is 1.78. The number of rotatable bonds is 3. The van der Waals surface area contributed by atoms with Crippen molar-refractivity contribution in [1.82, 2.24) is 19.8 Å². The summed E-state index contributed by atoms with van der Waals surface area (Å²) in [7, 11) is 1.32. The quantitative estimate of drug-likeness (QED) is 0.597. The molecular formula is C20H14F3N5O3. The Hall–Kier alpha value is -3.76. The lowest BCUT2D eigenvalue weighted by Gasteiger charge is -2.21. The molecule has 158 valence electrons. The van der Waals surface area contributed by atoms with E-state index >= 15 is 0 Å². The van der Waals surface area contributed by atoms with Crippen molar-refractivity contribution in [2.45, 2.75) is 24.9 Å². The number of imide groups is 1. The Morgan fingerprint density at radius 1 is 0.968 bits per heavy atom. The minimum atomic E-state index is -4.77. The molecule has 0 saturated heterocycles. The highest BCUT2D eigenvalue weighted by molar-refractivity contribution is 6.34. The van der Waals surface area contributed by atoms with E-state index in [4.69, 9.17) is 0 Å². The van der Waals surface area contributed by atoms with Gasteiger partial charge >= 0.3 is 11.9 Å². The molecule has 0 radical (unpaired) electrons. The van der Waals surface area contributed by atoms with Crippen LogP contribution in [0.25, 0.3) is 5.69 Å². The highest BCUT2D eigenvalue weighted by Gasteiger charge is 2.43. The zero-order valence-corrected chi connectivity index (χ0v) is 16.1. The van der Waals surface area contributed by atoms with Crippen molar-refractivity contribution >= 4 is 17.5 Å². The Labute approximate surface area is 172 Å². The Morgan fingerprint density at radius 3 is 2.06 bits per heavy atom. The summed E-state index contributed by atoms with van der Waals surface area (Å²) in [5.41, 5.74) is -2.05. The van der Waals surface area contributed by atoms with Crippen LogP contribution in [-0.4, -0.2) is 31.6 Å². The molecule has 5 rings (SSSR count). The third-order valence-corrected chi connectivity index (χ3v) is 5.44. The number of carbonyl (C=O) groups is 2. The zero-order valence-electron chi connectivity index (χ0n) is 16.1. The summed E-state index contributed by atoms with van der Waals surface area (Å²) in [6.45, 7) is 0. The molecule has 1 aliphatic heterocycles. The lowest BCUT2D eigenvalue weighted by molar-refractivity contribution is -0.138. The molecular weight excluding hydrogens is 415 g/mol. The first-order chi connectivity index (χ1) is 14.7. The van der Waals surface area contributed by atoms with Gasteiger partial charge in [-0.3, -0.25) is 9.59 Å². The predicted molar refractivity (Wildman–Crippen MR) is 101 cm³/mol. The van der Waals surface area contributed by atoms with Gasteiger partial charge < -0.3 is 0 Å². The molecule has 2 aromatic carbocycles. The molecule has 0 atom stereocenters. The van der Waals surface area contributed by atoms with Crippen molar-refractivity contribution in [3.05, 3.63) is 69.1 Å². The normalized spacial score (nSPS) is 16.2. The minimum Gasteiger partial charge on any atom is -0.268 e. The van der Waals surface area contributed by atoms with E-state index in [0.29, 0.717) is 17.7 Å². The minimum absolute atomic E-state index is 0.0875. The molecule has 0 bridgehead atoms. The molecule has 1 saturated carbocycles. The molecule has 0 spiro atoms. The molecule has 2 aliphatic rings. The highest BCUT2D eigenvalue weighted by atomic mass is 19.4. The van der Waals surface area contributed by atoms with Gasteiger partial charge in [-0.1, -0.05) is 12.1 Å². The van der Waals surface area contributed by atoms with Crippen molar-refractivity contribution in [2.24, 2.45) is 7.05 Å². The molecule has 2 amide bonds. The monoisotopic (exact) mass is 429 g/mol. The number of fused-ring (bicyclic) bond motifs is 1. The van der Waals surface area contributed by atoms with Crippen LogP contribution in [0.15, 0.2) is 41.2 Å². The summed E-state index contributed by atoms with van der Waals surface area (Å²) in [4.78, 5) is 38.8. The first-order valence-corrected chi connectivity index (χ1v) is 9.41. The van der Waals surface area contributed by atoms with Crippen molar-refractivity contribution in [3.8, 4) is 5.69 Å². The van der Waals surface area contributed by atoms with Crippen LogP contribution in [0, 0.1) is 0 Å². The zero-order chi connectivity index (χ0) is 22.1. The third-order valence-electron chi connectivity index (χ3n) is 5.44. The molecule has 11 heteroatoms. The molecule has 8 nitrogen and oxygen atoms in total. The smallest absolute Gasteiger partial charge is 0.268 e. The number of amides is 2. The van der Waals surface area contributed by atoms with Gasteiger partial charge in [0.1, 0.15) is 0 Å². The first-order valence-electron chi connectivity index (χ1n) is 9.41. The molecule has 1 aliphatic carbocycles. The lowest BCUT2D eigenvalue weighted by Crippen LogP contribution is -2.31. The van der Waals surface area contributed by atoms with E-state index in [-0.39, 0.29) is 28.1 Å². The van der Waals surface area contributed by atoms with Crippen molar-refractivity contribution in [2.75, 3.05) is 4.90 Å². The highest BCUT2D eigenvalue weighted by Crippen LogP contribution is 2.49. The van der Waals surface area contributed by atoms with Gasteiger partial charge in [0.15, 0.2) is 0 Å². The fourth-order valence-electron chi connectivity index (χ4n) is 3.85. The fraction of sp³-hybridized carbons (Fsp3) is 0.250. The maximum Gasteiger partial charge on any atom is 0.416 e.